The monoisotopic (exact) mass is 367 g/mol. The van der Waals surface area contributed by atoms with Gasteiger partial charge < -0.3 is 14.4 Å². The van der Waals surface area contributed by atoms with Crippen LogP contribution in [0.25, 0.3) is 0 Å². The summed E-state index contributed by atoms with van der Waals surface area (Å²) in [5, 5.41) is 0. The molecule has 0 aromatic heterocycles. The minimum atomic E-state index is 0.104. The van der Waals surface area contributed by atoms with Gasteiger partial charge in [-0.25, -0.2) is 0 Å². The van der Waals surface area contributed by atoms with E-state index < -0.39 is 0 Å². The van der Waals surface area contributed by atoms with Gasteiger partial charge in [-0.3, -0.25) is 4.79 Å². The lowest BCUT2D eigenvalue weighted by atomic mass is 10.1. The summed E-state index contributed by atoms with van der Waals surface area (Å²) >= 11 is 0. The number of rotatable bonds is 5. The summed E-state index contributed by atoms with van der Waals surface area (Å²) in [6, 6.07) is 11.7. The molecule has 0 saturated carbocycles. The zero-order chi connectivity index (χ0) is 19.2. The Labute approximate surface area is 162 Å². The zero-order valence-electron chi connectivity index (χ0n) is 16.6. The molecule has 1 aliphatic rings. The normalized spacial score (nSPS) is 14.6. The number of methoxy groups -OCH3 is 1. The molecule has 0 spiro atoms. The van der Waals surface area contributed by atoms with Crippen LogP contribution in [0, 0.1) is 13.8 Å². The van der Waals surface area contributed by atoms with E-state index in [1.54, 1.807) is 7.11 Å². The number of carbonyl (C=O) groups excluding carboxylic acids is 1. The third-order valence-corrected chi connectivity index (χ3v) is 5.29. The number of amides is 1. The smallest absolute Gasteiger partial charge is 0.253 e. The molecule has 1 heterocycles. The fourth-order valence-corrected chi connectivity index (χ4v) is 3.45. The van der Waals surface area contributed by atoms with Crippen LogP contribution in [-0.2, 0) is 6.61 Å². The van der Waals surface area contributed by atoms with E-state index in [-0.39, 0.29) is 5.91 Å². The van der Waals surface area contributed by atoms with Crippen LogP contribution in [0.5, 0.6) is 11.5 Å². The van der Waals surface area contributed by atoms with Crippen LogP contribution in [0.1, 0.15) is 52.7 Å². The molecule has 0 unspecified atom stereocenters. The molecule has 1 fully saturated rings. The summed E-state index contributed by atoms with van der Waals surface area (Å²) in [7, 11) is 1.64. The van der Waals surface area contributed by atoms with E-state index in [1.807, 2.05) is 35.2 Å². The molecule has 4 heteroatoms. The number of likely N-dealkylation sites (tertiary alicyclic amines) is 1. The Balaban J connectivity index is 1.76. The Morgan fingerprint density at radius 2 is 1.70 bits per heavy atom. The van der Waals surface area contributed by atoms with Crippen LogP contribution in [0.15, 0.2) is 36.4 Å². The Hall–Kier alpha value is -2.49. The van der Waals surface area contributed by atoms with Crippen molar-refractivity contribution in [3.63, 3.8) is 0 Å². The minimum Gasteiger partial charge on any atom is -0.496 e. The molecule has 0 bridgehead atoms. The van der Waals surface area contributed by atoms with Gasteiger partial charge in [0.05, 0.1) is 7.11 Å². The molecule has 0 aliphatic carbocycles. The van der Waals surface area contributed by atoms with Gasteiger partial charge in [0.15, 0.2) is 0 Å². The average Bonchev–Trinajstić information content (AvgIpc) is 2.97. The maximum absolute atomic E-state index is 12.9. The fourth-order valence-electron chi connectivity index (χ4n) is 3.45. The number of ether oxygens (including phenoxy) is 2. The molecule has 1 aliphatic heterocycles. The van der Waals surface area contributed by atoms with Gasteiger partial charge in [-0.2, -0.15) is 0 Å². The van der Waals surface area contributed by atoms with Crippen LogP contribution in [0.2, 0.25) is 0 Å². The van der Waals surface area contributed by atoms with Gasteiger partial charge in [-0.15, -0.1) is 0 Å². The Kier molecular flexibility index (Phi) is 6.38. The lowest BCUT2D eigenvalue weighted by molar-refractivity contribution is 0.0761. The van der Waals surface area contributed by atoms with Crippen molar-refractivity contribution in [2.45, 2.75) is 46.1 Å². The topological polar surface area (TPSA) is 38.8 Å². The van der Waals surface area contributed by atoms with Gasteiger partial charge >= 0.3 is 0 Å². The lowest BCUT2D eigenvalue weighted by Crippen LogP contribution is -2.31. The summed E-state index contributed by atoms with van der Waals surface area (Å²) in [4.78, 5) is 14.9. The van der Waals surface area contributed by atoms with Crippen molar-refractivity contribution in [2.75, 3.05) is 20.2 Å². The molecule has 4 nitrogen and oxygen atoms in total. The lowest BCUT2D eigenvalue weighted by Gasteiger charge is -2.21. The van der Waals surface area contributed by atoms with E-state index >= 15 is 0 Å². The van der Waals surface area contributed by atoms with Crippen LogP contribution in [-0.4, -0.2) is 31.0 Å². The highest BCUT2D eigenvalue weighted by molar-refractivity contribution is 5.94. The summed E-state index contributed by atoms with van der Waals surface area (Å²) in [6.45, 7) is 6.22. The predicted octanol–water partition coefficient (Wildman–Crippen LogP) is 4.91. The van der Waals surface area contributed by atoms with Gasteiger partial charge in [0.25, 0.3) is 5.91 Å². The first-order chi connectivity index (χ1) is 13.1. The first-order valence-corrected chi connectivity index (χ1v) is 9.74. The van der Waals surface area contributed by atoms with Gasteiger partial charge in [0.1, 0.15) is 18.1 Å². The Morgan fingerprint density at radius 1 is 0.963 bits per heavy atom. The highest BCUT2D eigenvalue weighted by Crippen LogP contribution is 2.24. The van der Waals surface area contributed by atoms with Crippen molar-refractivity contribution in [2.24, 2.45) is 0 Å². The quantitative estimate of drug-likeness (QED) is 0.754. The molecule has 0 N–H and O–H groups in total. The molecule has 144 valence electrons. The second-order valence-electron chi connectivity index (χ2n) is 7.27. The number of aryl methyl sites for hydroxylation is 2. The molecule has 1 saturated heterocycles. The van der Waals surface area contributed by atoms with Gasteiger partial charge in [-0.05, 0) is 68.1 Å². The third kappa shape index (κ3) is 4.82. The molecule has 2 aromatic carbocycles. The number of hydrogen-bond donors (Lipinski definition) is 0. The largest absolute Gasteiger partial charge is 0.496 e. The molecular weight excluding hydrogens is 338 g/mol. The molecular formula is C23H29NO3. The highest BCUT2D eigenvalue weighted by atomic mass is 16.5. The molecule has 1 amide bonds. The number of benzene rings is 2. The van der Waals surface area contributed by atoms with Crippen molar-refractivity contribution in [1.29, 1.82) is 0 Å². The molecule has 0 atom stereocenters. The summed E-state index contributed by atoms with van der Waals surface area (Å²) in [5.74, 6) is 1.67. The van der Waals surface area contributed by atoms with E-state index in [2.05, 4.69) is 19.9 Å². The third-order valence-electron chi connectivity index (χ3n) is 5.29. The van der Waals surface area contributed by atoms with Crippen molar-refractivity contribution in [3.8, 4) is 11.5 Å². The van der Waals surface area contributed by atoms with Crippen LogP contribution >= 0.6 is 0 Å². The van der Waals surface area contributed by atoms with Crippen molar-refractivity contribution < 1.29 is 14.3 Å². The fraction of sp³-hybridized carbons (Fsp3) is 0.435. The Morgan fingerprint density at radius 3 is 2.37 bits per heavy atom. The van der Waals surface area contributed by atoms with E-state index in [1.165, 1.54) is 24.0 Å². The molecule has 27 heavy (non-hydrogen) atoms. The van der Waals surface area contributed by atoms with Crippen molar-refractivity contribution in [1.82, 2.24) is 4.90 Å². The Bertz CT molecular complexity index is 792. The van der Waals surface area contributed by atoms with Gasteiger partial charge in [-0.1, -0.05) is 18.9 Å². The highest BCUT2D eigenvalue weighted by Gasteiger charge is 2.18. The maximum atomic E-state index is 12.9. The van der Waals surface area contributed by atoms with Crippen molar-refractivity contribution in [3.05, 3.63) is 58.7 Å². The number of nitrogens with zero attached hydrogens (tertiary/aromatic N) is 1. The standard InChI is InChI=1S/C23H29NO3/c1-17-8-10-21(14-18(17)2)27-16-20-15-19(9-11-22(20)26-3)23(25)24-12-6-4-5-7-13-24/h8-11,14-15H,4-7,12-13,16H2,1-3H3. The maximum Gasteiger partial charge on any atom is 0.253 e. The predicted molar refractivity (Wildman–Crippen MR) is 108 cm³/mol. The summed E-state index contributed by atoms with van der Waals surface area (Å²) in [5.41, 5.74) is 4.03. The number of carbonyl (C=O) groups is 1. The molecule has 3 rings (SSSR count). The second-order valence-corrected chi connectivity index (χ2v) is 7.27. The minimum absolute atomic E-state index is 0.104. The SMILES string of the molecule is COc1ccc(C(=O)N2CCCCCC2)cc1COc1ccc(C)c(C)c1. The second kappa shape index (κ2) is 8.94. The number of hydrogen-bond acceptors (Lipinski definition) is 3. The van der Waals surface area contributed by atoms with Crippen LogP contribution < -0.4 is 9.47 Å². The van der Waals surface area contributed by atoms with Gasteiger partial charge in [0, 0.05) is 24.2 Å². The first-order valence-electron chi connectivity index (χ1n) is 9.74. The zero-order valence-corrected chi connectivity index (χ0v) is 16.6. The summed E-state index contributed by atoms with van der Waals surface area (Å²) < 4.78 is 11.4. The molecule has 2 aromatic rings. The first kappa shape index (κ1) is 19.3. The average molecular weight is 367 g/mol. The van der Waals surface area contributed by atoms with Gasteiger partial charge in [0.2, 0.25) is 0 Å². The summed E-state index contributed by atoms with van der Waals surface area (Å²) in [6.07, 6.45) is 4.60. The van der Waals surface area contributed by atoms with Crippen molar-refractivity contribution >= 4 is 5.91 Å². The van der Waals surface area contributed by atoms with E-state index in [0.717, 1.165) is 43.0 Å². The van der Waals surface area contributed by atoms with E-state index in [4.69, 9.17) is 9.47 Å². The van der Waals surface area contributed by atoms with E-state index in [9.17, 15) is 4.79 Å². The van der Waals surface area contributed by atoms with E-state index in [0.29, 0.717) is 12.2 Å². The van der Waals surface area contributed by atoms with Crippen LogP contribution in [0.3, 0.4) is 0 Å². The van der Waals surface area contributed by atoms with Crippen LogP contribution in [0.4, 0.5) is 0 Å². The molecule has 0 radical (unpaired) electrons.